The molecule has 1 aromatic rings. The number of hydrogen-bond acceptors (Lipinski definition) is 5. The molecule has 1 aliphatic heterocycles. The summed E-state index contributed by atoms with van der Waals surface area (Å²) in [6.45, 7) is 8.44. The molecule has 9 heteroatoms. The van der Waals surface area contributed by atoms with Crippen molar-refractivity contribution in [2.75, 3.05) is 45.3 Å². The van der Waals surface area contributed by atoms with Crippen molar-refractivity contribution in [3.63, 3.8) is 0 Å². The zero-order chi connectivity index (χ0) is 20.7. The van der Waals surface area contributed by atoms with E-state index >= 15 is 0 Å². The monoisotopic (exact) mass is 519 g/mol. The molecule has 0 spiro atoms. The fourth-order valence-corrected chi connectivity index (χ4v) is 2.96. The van der Waals surface area contributed by atoms with Gasteiger partial charge in [0.05, 0.1) is 26.2 Å². The van der Waals surface area contributed by atoms with Crippen LogP contribution in [0, 0.1) is 5.41 Å². The van der Waals surface area contributed by atoms with Crippen molar-refractivity contribution in [2.45, 2.75) is 33.2 Å². The Bertz CT molecular complexity index is 689. The Hall–Kier alpha value is -1.91. The molecule has 29 heavy (non-hydrogen) atoms. The van der Waals surface area contributed by atoms with Crippen LogP contribution in [-0.4, -0.2) is 58.3 Å². The standard InChI is InChI=1S/C20H33N5O3.HI/c1-6-22-19(23-13-20(2,3)18(21)26)24-14-7-8-25(12-14)15-9-16(27-4)11-17(10-15)28-5;/h9-11,14H,6-8,12-13H2,1-5H3,(H2,21,26)(H2,22,23,24);1H. The zero-order valence-electron chi connectivity index (χ0n) is 17.9. The van der Waals surface area contributed by atoms with Crippen LogP contribution in [0.25, 0.3) is 0 Å². The van der Waals surface area contributed by atoms with E-state index in [0.717, 1.165) is 43.2 Å². The number of methoxy groups -OCH3 is 2. The van der Waals surface area contributed by atoms with Crippen LogP contribution in [-0.2, 0) is 4.79 Å². The number of nitrogens with two attached hydrogens (primary N) is 1. The predicted molar refractivity (Wildman–Crippen MR) is 128 cm³/mol. The molecule has 1 aliphatic rings. The van der Waals surface area contributed by atoms with Crippen LogP contribution in [0.4, 0.5) is 5.69 Å². The number of rotatable bonds is 8. The van der Waals surface area contributed by atoms with Gasteiger partial charge in [-0.3, -0.25) is 9.79 Å². The Labute approximate surface area is 190 Å². The molecule has 2 rings (SSSR count). The van der Waals surface area contributed by atoms with Crippen LogP contribution in [0.3, 0.4) is 0 Å². The maximum Gasteiger partial charge on any atom is 0.224 e. The van der Waals surface area contributed by atoms with E-state index in [1.807, 2.05) is 25.1 Å². The van der Waals surface area contributed by atoms with Gasteiger partial charge in [-0.2, -0.15) is 0 Å². The molecule has 0 radical (unpaired) electrons. The Morgan fingerprint density at radius 2 is 1.90 bits per heavy atom. The Kier molecular flexibility index (Phi) is 9.81. The number of carbonyl (C=O) groups excluding carboxylic acids is 1. The molecule has 0 aliphatic carbocycles. The molecule has 1 heterocycles. The van der Waals surface area contributed by atoms with Gasteiger partial charge in [0.25, 0.3) is 0 Å². The first-order valence-corrected chi connectivity index (χ1v) is 9.61. The highest BCUT2D eigenvalue weighted by molar-refractivity contribution is 14.0. The van der Waals surface area contributed by atoms with Crippen molar-refractivity contribution >= 4 is 41.5 Å². The van der Waals surface area contributed by atoms with E-state index in [1.165, 1.54) is 0 Å². The van der Waals surface area contributed by atoms with Crippen molar-refractivity contribution in [2.24, 2.45) is 16.1 Å². The van der Waals surface area contributed by atoms with Crippen LogP contribution >= 0.6 is 24.0 Å². The van der Waals surface area contributed by atoms with Crippen LogP contribution < -0.4 is 30.7 Å². The first kappa shape index (κ1) is 25.1. The minimum Gasteiger partial charge on any atom is -0.497 e. The Morgan fingerprint density at radius 3 is 2.41 bits per heavy atom. The smallest absolute Gasteiger partial charge is 0.224 e. The lowest BCUT2D eigenvalue weighted by molar-refractivity contribution is -0.125. The van der Waals surface area contributed by atoms with Gasteiger partial charge in [0.2, 0.25) is 5.91 Å². The zero-order valence-corrected chi connectivity index (χ0v) is 20.3. The van der Waals surface area contributed by atoms with Gasteiger partial charge in [0.15, 0.2) is 5.96 Å². The van der Waals surface area contributed by atoms with Crippen LogP contribution in [0.15, 0.2) is 23.2 Å². The molecule has 1 atom stereocenters. The summed E-state index contributed by atoms with van der Waals surface area (Å²) in [5.41, 5.74) is 5.84. The number of carbonyl (C=O) groups is 1. The molecule has 8 nitrogen and oxygen atoms in total. The second kappa shape index (κ2) is 11.3. The first-order valence-electron chi connectivity index (χ1n) is 9.61. The third-order valence-electron chi connectivity index (χ3n) is 4.87. The molecule has 1 saturated heterocycles. The van der Waals surface area contributed by atoms with Crippen LogP contribution in [0.2, 0.25) is 0 Å². The minimum atomic E-state index is -0.679. The normalized spacial score (nSPS) is 16.8. The van der Waals surface area contributed by atoms with Crippen molar-refractivity contribution < 1.29 is 14.3 Å². The number of nitrogens with zero attached hydrogens (tertiary/aromatic N) is 2. The van der Waals surface area contributed by atoms with Crippen LogP contribution in [0.5, 0.6) is 11.5 Å². The molecule has 0 bridgehead atoms. The highest BCUT2D eigenvalue weighted by Gasteiger charge is 2.26. The van der Waals surface area contributed by atoms with E-state index in [2.05, 4.69) is 20.5 Å². The van der Waals surface area contributed by atoms with Crippen molar-refractivity contribution in [3.05, 3.63) is 18.2 Å². The number of nitrogens with one attached hydrogen (secondary N) is 2. The molecule has 164 valence electrons. The second-order valence-corrected chi connectivity index (χ2v) is 7.59. The number of anilines is 1. The number of amides is 1. The van der Waals surface area contributed by atoms with Crippen molar-refractivity contribution in [1.29, 1.82) is 0 Å². The first-order chi connectivity index (χ1) is 13.3. The average Bonchev–Trinajstić information content (AvgIpc) is 3.14. The number of guanidine groups is 1. The van der Waals surface area contributed by atoms with Gasteiger partial charge in [-0.1, -0.05) is 0 Å². The fourth-order valence-electron chi connectivity index (χ4n) is 2.96. The largest absolute Gasteiger partial charge is 0.497 e. The number of primary amides is 1. The molecule has 1 amide bonds. The van der Waals surface area contributed by atoms with Crippen molar-refractivity contribution in [3.8, 4) is 11.5 Å². The van der Waals surface area contributed by atoms with E-state index < -0.39 is 5.41 Å². The van der Waals surface area contributed by atoms with Gasteiger partial charge in [-0.15, -0.1) is 24.0 Å². The van der Waals surface area contributed by atoms with Gasteiger partial charge >= 0.3 is 0 Å². The number of aliphatic imine (C=N–C) groups is 1. The van der Waals surface area contributed by atoms with Gasteiger partial charge in [-0.05, 0) is 27.2 Å². The third kappa shape index (κ3) is 7.13. The topological polar surface area (TPSA) is 101 Å². The molecule has 4 N–H and O–H groups in total. The van der Waals surface area contributed by atoms with E-state index in [-0.39, 0.29) is 35.9 Å². The van der Waals surface area contributed by atoms with Gasteiger partial charge in [0.1, 0.15) is 11.5 Å². The minimum absolute atomic E-state index is 0. The summed E-state index contributed by atoms with van der Waals surface area (Å²) in [5.74, 6) is 1.89. The van der Waals surface area contributed by atoms with Gasteiger partial charge in [-0.25, -0.2) is 0 Å². The highest BCUT2D eigenvalue weighted by atomic mass is 127. The predicted octanol–water partition coefficient (Wildman–Crippen LogP) is 1.97. The average molecular weight is 519 g/mol. The quantitative estimate of drug-likeness (QED) is 0.276. The number of benzene rings is 1. The summed E-state index contributed by atoms with van der Waals surface area (Å²) in [4.78, 5) is 18.4. The highest BCUT2D eigenvalue weighted by Crippen LogP contribution is 2.30. The molecular formula is C20H34IN5O3. The summed E-state index contributed by atoms with van der Waals surface area (Å²) in [7, 11) is 3.30. The summed E-state index contributed by atoms with van der Waals surface area (Å²) in [6.07, 6.45) is 0.975. The molecule has 1 aromatic carbocycles. The molecule has 1 unspecified atom stereocenters. The summed E-state index contributed by atoms with van der Waals surface area (Å²) < 4.78 is 10.7. The van der Waals surface area contributed by atoms with Crippen LogP contribution in [0.1, 0.15) is 27.2 Å². The lowest BCUT2D eigenvalue weighted by atomic mass is 9.93. The summed E-state index contributed by atoms with van der Waals surface area (Å²) >= 11 is 0. The Morgan fingerprint density at radius 1 is 1.28 bits per heavy atom. The molecule has 0 aromatic heterocycles. The van der Waals surface area contributed by atoms with E-state index in [1.54, 1.807) is 28.1 Å². The lowest BCUT2D eigenvalue weighted by Gasteiger charge is -2.22. The second-order valence-electron chi connectivity index (χ2n) is 7.59. The maximum absolute atomic E-state index is 11.5. The van der Waals surface area contributed by atoms with Gasteiger partial charge < -0.3 is 30.7 Å². The van der Waals surface area contributed by atoms with E-state index in [0.29, 0.717) is 12.5 Å². The third-order valence-corrected chi connectivity index (χ3v) is 4.87. The lowest BCUT2D eigenvalue weighted by Crippen LogP contribution is -2.45. The maximum atomic E-state index is 11.5. The summed E-state index contributed by atoms with van der Waals surface area (Å²) in [5, 5.41) is 6.71. The van der Waals surface area contributed by atoms with Crippen molar-refractivity contribution in [1.82, 2.24) is 10.6 Å². The van der Waals surface area contributed by atoms with E-state index in [4.69, 9.17) is 15.2 Å². The number of halogens is 1. The SMILES string of the molecule is CCNC(=NCC(C)(C)C(N)=O)NC1CCN(c2cc(OC)cc(OC)c2)C1.I. The number of ether oxygens (including phenoxy) is 2. The summed E-state index contributed by atoms with van der Waals surface area (Å²) in [6, 6.07) is 6.14. The molecule has 1 fully saturated rings. The number of hydrogen-bond donors (Lipinski definition) is 3. The molecule has 0 saturated carbocycles. The molecular weight excluding hydrogens is 485 g/mol. The fraction of sp³-hybridized carbons (Fsp3) is 0.600. The Balaban J connectivity index is 0.00000420. The van der Waals surface area contributed by atoms with E-state index in [9.17, 15) is 4.79 Å². The van der Waals surface area contributed by atoms with Gasteiger partial charge in [0, 0.05) is 49.6 Å².